The molecule has 0 aromatic heterocycles. The van der Waals surface area contributed by atoms with Gasteiger partial charge in [-0.2, -0.15) is 0 Å². The third-order valence-corrected chi connectivity index (χ3v) is 2.10. The third kappa shape index (κ3) is 2.45. The van der Waals surface area contributed by atoms with Gasteiger partial charge < -0.3 is 16.6 Å². The van der Waals surface area contributed by atoms with E-state index in [4.69, 9.17) is 11.5 Å². The number of hydrogen-bond acceptors (Lipinski definition) is 5. The largest absolute Gasteiger partial charge is 0.502 e. The van der Waals surface area contributed by atoms with Crippen LogP contribution in [0.3, 0.4) is 0 Å². The van der Waals surface area contributed by atoms with Crippen LogP contribution in [0.25, 0.3) is 0 Å². The summed E-state index contributed by atoms with van der Waals surface area (Å²) >= 11 is 0. The Morgan fingerprint density at radius 1 is 1.56 bits per heavy atom. The SMILES string of the molecule is NC(=O)C(N)Cc1cccc([N+](=O)[O-])c1O. The van der Waals surface area contributed by atoms with E-state index in [1.807, 2.05) is 0 Å². The molecule has 7 heteroatoms. The second-order valence-electron chi connectivity index (χ2n) is 3.25. The van der Waals surface area contributed by atoms with E-state index in [0.29, 0.717) is 0 Å². The van der Waals surface area contributed by atoms with Crippen molar-refractivity contribution in [3.8, 4) is 5.75 Å². The van der Waals surface area contributed by atoms with E-state index < -0.39 is 28.3 Å². The van der Waals surface area contributed by atoms with Crippen molar-refractivity contribution in [3.63, 3.8) is 0 Å². The van der Waals surface area contributed by atoms with E-state index >= 15 is 0 Å². The Labute approximate surface area is 90.8 Å². The monoisotopic (exact) mass is 225 g/mol. The summed E-state index contributed by atoms with van der Waals surface area (Å²) in [6.07, 6.45) is -0.0388. The molecule has 0 saturated heterocycles. The van der Waals surface area contributed by atoms with E-state index in [1.165, 1.54) is 12.1 Å². The van der Waals surface area contributed by atoms with Crippen molar-refractivity contribution >= 4 is 11.6 Å². The molecule has 5 N–H and O–H groups in total. The number of aromatic hydroxyl groups is 1. The number of rotatable bonds is 4. The number of primary amides is 1. The lowest BCUT2D eigenvalue weighted by Gasteiger charge is -2.08. The van der Waals surface area contributed by atoms with E-state index in [2.05, 4.69) is 0 Å². The Hall–Kier alpha value is -2.15. The molecule has 1 rings (SSSR count). The zero-order valence-corrected chi connectivity index (χ0v) is 8.29. The van der Waals surface area contributed by atoms with Gasteiger partial charge in [0, 0.05) is 18.1 Å². The number of phenolic OH excluding ortho intramolecular Hbond substituents is 1. The summed E-state index contributed by atoms with van der Waals surface area (Å²) in [6.45, 7) is 0. The topological polar surface area (TPSA) is 132 Å². The van der Waals surface area contributed by atoms with Crippen molar-refractivity contribution in [3.05, 3.63) is 33.9 Å². The van der Waals surface area contributed by atoms with Crippen LogP contribution in [0.2, 0.25) is 0 Å². The summed E-state index contributed by atoms with van der Waals surface area (Å²) in [6, 6.07) is 3.04. The molecule has 1 aromatic rings. The molecule has 7 nitrogen and oxygen atoms in total. The van der Waals surface area contributed by atoms with Gasteiger partial charge in [0.25, 0.3) is 0 Å². The predicted octanol–water partition coefficient (Wildman–Crippen LogP) is -0.344. The van der Waals surface area contributed by atoms with Gasteiger partial charge in [-0.05, 0) is 0 Å². The first-order valence-corrected chi connectivity index (χ1v) is 4.43. The first-order chi connectivity index (χ1) is 7.43. The quantitative estimate of drug-likeness (QED) is 0.476. The minimum absolute atomic E-state index is 0.0388. The highest BCUT2D eigenvalue weighted by Gasteiger charge is 2.19. The van der Waals surface area contributed by atoms with Gasteiger partial charge in [-0.25, -0.2) is 0 Å². The van der Waals surface area contributed by atoms with Crippen LogP contribution in [-0.4, -0.2) is 22.0 Å². The molecule has 0 aliphatic rings. The van der Waals surface area contributed by atoms with E-state index in [1.54, 1.807) is 0 Å². The molecule has 0 aliphatic carbocycles. The van der Waals surface area contributed by atoms with E-state index in [9.17, 15) is 20.0 Å². The number of carbonyl (C=O) groups excluding carboxylic acids is 1. The van der Waals surface area contributed by atoms with Gasteiger partial charge in [0.15, 0.2) is 5.75 Å². The smallest absolute Gasteiger partial charge is 0.310 e. The molecule has 0 aliphatic heterocycles. The van der Waals surface area contributed by atoms with Crippen LogP contribution >= 0.6 is 0 Å². The fourth-order valence-corrected chi connectivity index (χ4v) is 1.23. The molecule has 0 radical (unpaired) electrons. The fourth-order valence-electron chi connectivity index (χ4n) is 1.23. The molecule has 0 bridgehead atoms. The molecule has 1 atom stereocenters. The zero-order chi connectivity index (χ0) is 12.3. The van der Waals surface area contributed by atoms with Crippen LogP contribution in [0.15, 0.2) is 18.2 Å². The number of carbonyl (C=O) groups is 1. The first kappa shape index (κ1) is 11.9. The molecule has 1 unspecified atom stereocenters. The second-order valence-corrected chi connectivity index (χ2v) is 3.25. The molecular weight excluding hydrogens is 214 g/mol. The zero-order valence-electron chi connectivity index (χ0n) is 8.29. The van der Waals surface area contributed by atoms with Crippen molar-refractivity contribution in [2.24, 2.45) is 11.5 Å². The Balaban J connectivity index is 3.02. The van der Waals surface area contributed by atoms with Crippen molar-refractivity contribution in [2.75, 3.05) is 0 Å². The fraction of sp³-hybridized carbons (Fsp3) is 0.222. The first-order valence-electron chi connectivity index (χ1n) is 4.43. The number of amides is 1. The third-order valence-electron chi connectivity index (χ3n) is 2.10. The number of phenols is 1. The molecule has 1 aromatic carbocycles. The molecule has 0 spiro atoms. The Morgan fingerprint density at radius 3 is 2.69 bits per heavy atom. The highest BCUT2D eigenvalue weighted by molar-refractivity contribution is 5.80. The minimum Gasteiger partial charge on any atom is -0.502 e. The standard InChI is InChI=1S/C9H11N3O4/c10-6(9(11)14)4-5-2-1-3-7(8(5)13)12(15)16/h1-3,6,13H,4,10H2,(H2,11,14). The van der Waals surface area contributed by atoms with Crippen LogP contribution in [0.4, 0.5) is 5.69 Å². The summed E-state index contributed by atoms with van der Waals surface area (Å²) in [5.41, 5.74) is 10.1. The summed E-state index contributed by atoms with van der Waals surface area (Å²) in [4.78, 5) is 20.5. The average Bonchev–Trinajstić information content (AvgIpc) is 2.20. The molecule has 16 heavy (non-hydrogen) atoms. The van der Waals surface area contributed by atoms with Crippen LogP contribution in [0.5, 0.6) is 5.75 Å². The van der Waals surface area contributed by atoms with E-state index in [0.717, 1.165) is 6.07 Å². The lowest BCUT2D eigenvalue weighted by molar-refractivity contribution is -0.385. The van der Waals surface area contributed by atoms with Gasteiger partial charge in [-0.3, -0.25) is 14.9 Å². The molecule has 1 amide bonds. The highest BCUT2D eigenvalue weighted by Crippen LogP contribution is 2.29. The van der Waals surface area contributed by atoms with Gasteiger partial charge in [-0.1, -0.05) is 12.1 Å². The summed E-state index contributed by atoms with van der Waals surface area (Å²) in [7, 11) is 0. The number of nitrogens with zero attached hydrogens (tertiary/aromatic N) is 1. The summed E-state index contributed by atoms with van der Waals surface area (Å²) in [5, 5.41) is 20.1. The van der Waals surface area contributed by atoms with Gasteiger partial charge in [-0.15, -0.1) is 0 Å². The Morgan fingerprint density at radius 2 is 2.19 bits per heavy atom. The Bertz CT molecular complexity index is 433. The van der Waals surface area contributed by atoms with Crippen LogP contribution in [0.1, 0.15) is 5.56 Å². The molecular formula is C9H11N3O4. The maximum Gasteiger partial charge on any atom is 0.310 e. The number of nitrogens with two attached hydrogens (primary N) is 2. The van der Waals surface area contributed by atoms with Crippen molar-refractivity contribution < 1.29 is 14.8 Å². The van der Waals surface area contributed by atoms with Crippen LogP contribution < -0.4 is 11.5 Å². The maximum absolute atomic E-state index is 10.7. The van der Waals surface area contributed by atoms with Gasteiger partial charge in [0.1, 0.15) is 0 Å². The second kappa shape index (κ2) is 4.58. The molecule has 0 saturated carbocycles. The summed E-state index contributed by atoms with van der Waals surface area (Å²) < 4.78 is 0. The highest BCUT2D eigenvalue weighted by atomic mass is 16.6. The number of hydrogen-bond donors (Lipinski definition) is 3. The normalized spacial score (nSPS) is 12.1. The van der Waals surface area contributed by atoms with Gasteiger partial charge in [0.05, 0.1) is 11.0 Å². The predicted molar refractivity (Wildman–Crippen MR) is 55.6 cm³/mol. The average molecular weight is 225 g/mol. The van der Waals surface area contributed by atoms with Crippen molar-refractivity contribution in [2.45, 2.75) is 12.5 Å². The Kier molecular flexibility index (Phi) is 3.41. The number of nitro groups is 1. The number of benzene rings is 1. The summed E-state index contributed by atoms with van der Waals surface area (Å²) in [5.74, 6) is -1.21. The molecule has 86 valence electrons. The minimum atomic E-state index is -0.979. The van der Waals surface area contributed by atoms with Crippen LogP contribution in [-0.2, 0) is 11.2 Å². The van der Waals surface area contributed by atoms with Crippen molar-refractivity contribution in [1.29, 1.82) is 0 Å². The lowest BCUT2D eigenvalue weighted by Crippen LogP contribution is -2.38. The number of nitro benzene ring substituents is 1. The van der Waals surface area contributed by atoms with Crippen LogP contribution in [0, 0.1) is 10.1 Å². The lowest BCUT2D eigenvalue weighted by atomic mass is 10.0. The van der Waals surface area contributed by atoms with Gasteiger partial charge >= 0.3 is 5.69 Å². The van der Waals surface area contributed by atoms with Crippen molar-refractivity contribution in [1.82, 2.24) is 0 Å². The maximum atomic E-state index is 10.7. The number of para-hydroxylation sites is 1. The van der Waals surface area contributed by atoms with E-state index in [-0.39, 0.29) is 12.0 Å². The molecule has 0 heterocycles. The molecule has 0 fully saturated rings. The van der Waals surface area contributed by atoms with Gasteiger partial charge in [0.2, 0.25) is 5.91 Å².